The van der Waals surface area contributed by atoms with Crippen molar-refractivity contribution >= 4 is 23.0 Å². The molecule has 0 saturated carbocycles. The lowest BCUT2D eigenvalue weighted by Crippen LogP contribution is -2.09. The Balaban J connectivity index is 2.32. The Morgan fingerprint density at radius 1 is 1.00 bits per heavy atom. The molecule has 0 aliphatic heterocycles. The highest BCUT2D eigenvalue weighted by Crippen LogP contribution is 2.25. The lowest BCUT2D eigenvalue weighted by Gasteiger charge is -2.20. The zero-order valence-electron chi connectivity index (χ0n) is 10.2. The van der Waals surface area contributed by atoms with Crippen LogP contribution >= 0.6 is 11.6 Å². The molecular weight excluding hydrogens is 230 g/mol. The lowest BCUT2D eigenvalue weighted by atomic mass is 10.1. The van der Waals surface area contributed by atoms with E-state index in [2.05, 4.69) is 49.2 Å². The monoisotopic (exact) mass is 245 g/mol. The molecular formula is C15H16ClN. The van der Waals surface area contributed by atoms with Crippen molar-refractivity contribution < 1.29 is 0 Å². The number of nitrogens with zero attached hydrogens (tertiary/aromatic N) is 1. The number of hydrogen-bond donors (Lipinski definition) is 0. The number of alkyl halides is 1. The van der Waals surface area contributed by atoms with E-state index >= 15 is 0 Å². The topological polar surface area (TPSA) is 3.24 Å². The maximum absolute atomic E-state index is 5.87. The van der Waals surface area contributed by atoms with Crippen LogP contribution in [-0.2, 0) is 5.88 Å². The van der Waals surface area contributed by atoms with Gasteiger partial charge in [0, 0.05) is 24.3 Å². The molecule has 0 atom stereocenters. The Kier molecular flexibility index (Phi) is 3.70. The first-order valence-corrected chi connectivity index (χ1v) is 6.20. The van der Waals surface area contributed by atoms with Crippen LogP contribution in [0.15, 0.2) is 48.5 Å². The SMILES string of the molecule is Cc1cc(N(C)c2ccccc2)ccc1CCl. The van der Waals surface area contributed by atoms with Crippen LogP contribution < -0.4 is 4.90 Å². The van der Waals surface area contributed by atoms with E-state index in [0.29, 0.717) is 5.88 Å². The first-order valence-electron chi connectivity index (χ1n) is 5.66. The van der Waals surface area contributed by atoms with Crippen molar-refractivity contribution in [3.05, 3.63) is 59.7 Å². The molecule has 0 aliphatic carbocycles. The van der Waals surface area contributed by atoms with Crippen LogP contribution in [0, 0.1) is 6.92 Å². The highest BCUT2D eigenvalue weighted by atomic mass is 35.5. The third kappa shape index (κ3) is 2.62. The largest absolute Gasteiger partial charge is 0.345 e. The summed E-state index contributed by atoms with van der Waals surface area (Å²) in [5.74, 6) is 0.571. The molecule has 0 aliphatic rings. The molecule has 0 heterocycles. The number of hydrogen-bond acceptors (Lipinski definition) is 1. The fourth-order valence-corrected chi connectivity index (χ4v) is 2.14. The van der Waals surface area contributed by atoms with Crippen molar-refractivity contribution in [3.8, 4) is 0 Å². The van der Waals surface area contributed by atoms with Crippen molar-refractivity contribution in [2.45, 2.75) is 12.8 Å². The van der Waals surface area contributed by atoms with Gasteiger partial charge in [0.05, 0.1) is 0 Å². The van der Waals surface area contributed by atoms with Crippen LogP contribution in [0.1, 0.15) is 11.1 Å². The molecule has 0 N–H and O–H groups in total. The van der Waals surface area contributed by atoms with E-state index in [1.165, 1.54) is 22.5 Å². The van der Waals surface area contributed by atoms with Crippen molar-refractivity contribution in [3.63, 3.8) is 0 Å². The van der Waals surface area contributed by atoms with E-state index in [0.717, 1.165) is 0 Å². The van der Waals surface area contributed by atoms with Gasteiger partial charge in [-0.2, -0.15) is 0 Å². The highest BCUT2D eigenvalue weighted by molar-refractivity contribution is 6.17. The van der Waals surface area contributed by atoms with Crippen LogP contribution in [-0.4, -0.2) is 7.05 Å². The normalized spacial score (nSPS) is 10.3. The van der Waals surface area contributed by atoms with Gasteiger partial charge in [0.25, 0.3) is 0 Å². The van der Waals surface area contributed by atoms with E-state index in [9.17, 15) is 0 Å². The molecule has 0 radical (unpaired) electrons. The summed E-state index contributed by atoms with van der Waals surface area (Å²) in [4.78, 5) is 2.17. The molecule has 88 valence electrons. The van der Waals surface area contributed by atoms with Crippen LogP contribution in [0.3, 0.4) is 0 Å². The van der Waals surface area contributed by atoms with Crippen LogP contribution in [0.2, 0.25) is 0 Å². The van der Waals surface area contributed by atoms with Crippen molar-refractivity contribution in [2.24, 2.45) is 0 Å². The van der Waals surface area contributed by atoms with E-state index in [4.69, 9.17) is 11.6 Å². The van der Waals surface area contributed by atoms with Gasteiger partial charge < -0.3 is 4.90 Å². The van der Waals surface area contributed by atoms with Crippen LogP contribution in [0.5, 0.6) is 0 Å². The van der Waals surface area contributed by atoms with Crippen LogP contribution in [0.4, 0.5) is 11.4 Å². The van der Waals surface area contributed by atoms with Gasteiger partial charge in [0.1, 0.15) is 0 Å². The third-order valence-electron chi connectivity index (χ3n) is 3.00. The summed E-state index contributed by atoms with van der Waals surface area (Å²) >= 11 is 5.87. The summed E-state index contributed by atoms with van der Waals surface area (Å²) in [6.07, 6.45) is 0. The molecule has 0 fully saturated rings. The Morgan fingerprint density at radius 3 is 2.29 bits per heavy atom. The second kappa shape index (κ2) is 5.24. The van der Waals surface area contributed by atoms with Gasteiger partial charge in [-0.25, -0.2) is 0 Å². The highest BCUT2D eigenvalue weighted by Gasteiger charge is 2.05. The molecule has 2 rings (SSSR count). The van der Waals surface area contributed by atoms with Gasteiger partial charge >= 0.3 is 0 Å². The Morgan fingerprint density at radius 2 is 1.71 bits per heavy atom. The Labute approximate surface area is 108 Å². The number of aryl methyl sites for hydroxylation is 1. The average molecular weight is 246 g/mol. The predicted molar refractivity (Wildman–Crippen MR) is 75.2 cm³/mol. The number of rotatable bonds is 3. The molecule has 0 saturated heterocycles. The molecule has 2 heteroatoms. The molecule has 17 heavy (non-hydrogen) atoms. The number of anilines is 2. The second-order valence-corrected chi connectivity index (χ2v) is 4.41. The third-order valence-corrected chi connectivity index (χ3v) is 3.29. The zero-order chi connectivity index (χ0) is 12.3. The van der Waals surface area contributed by atoms with Crippen molar-refractivity contribution in [2.75, 3.05) is 11.9 Å². The van der Waals surface area contributed by atoms with Gasteiger partial charge in [0.15, 0.2) is 0 Å². The maximum atomic E-state index is 5.87. The number of halogens is 1. The Bertz CT molecular complexity index is 494. The summed E-state index contributed by atoms with van der Waals surface area (Å²) in [6.45, 7) is 2.10. The van der Waals surface area contributed by atoms with Gasteiger partial charge in [-0.1, -0.05) is 24.3 Å². The molecule has 0 bridgehead atoms. The smallest absolute Gasteiger partial charge is 0.0476 e. The zero-order valence-corrected chi connectivity index (χ0v) is 10.9. The van der Waals surface area contributed by atoms with Crippen molar-refractivity contribution in [1.82, 2.24) is 0 Å². The fourth-order valence-electron chi connectivity index (χ4n) is 1.84. The standard InChI is InChI=1S/C15H16ClN/c1-12-10-15(9-8-13(12)11-16)17(2)14-6-4-3-5-7-14/h3-10H,11H2,1-2H3. The second-order valence-electron chi connectivity index (χ2n) is 4.14. The van der Waals surface area contributed by atoms with Gasteiger partial charge in [0.2, 0.25) is 0 Å². The minimum atomic E-state index is 0.571. The number of benzene rings is 2. The van der Waals surface area contributed by atoms with Gasteiger partial charge in [-0.3, -0.25) is 0 Å². The molecule has 1 nitrogen and oxygen atoms in total. The summed E-state index contributed by atoms with van der Waals surface area (Å²) in [6, 6.07) is 16.7. The first-order chi connectivity index (χ1) is 8.22. The van der Waals surface area contributed by atoms with E-state index in [1.807, 2.05) is 18.2 Å². The van der Waals surface area contributed by atoms with Gasteiger partial charge in [-0.05, 0) is 42.3 Å². The van der Waals surface area contributed by atoms with E-state index in [-0.39, 0.29) is 0 Å². The Hall–Kier alpha value is -1.47. The molecule has 0 amide bonds. The van der Waals surface area contributed by atoms with E-state index < -0.39 is 0 Å². The minimum absolute atomic E-state index is 0.571. The van der Waals surface area contributed by atoms with Crippen molar-refractivity contribution in [1.29, 1.82) is 0 Å². The van der Waals surface area contributed by atoms with Gasteiger partial charge in [-0.15, -0.1) is 11.6 Å². The van der Waals surface area contributed by atoms with Crippen LogP contribution in [0.25, 0.3) is 0 Å². The average Bonchev–Trinajstić information content (AvgIpc) is 2.39. The lowest BCUT2D eigenvalue weighted by molar-refractivity contribution is 1.19. The molecule has 2 aromatic rings. The summed E-state index contributed by atoms with van der Waals surface area (Å²) in [7, 11) is 2.07. The minimum Gasteiger partial charge on any atom is -0.345 e. The fraction of sp³-hybridized carbons (Fsp3) is 0.200. The molecule has 0 spiro atoms. The quantitative estimate of drug-likeness (QED) is 0.720. The molecule has 2 aromatic carbocycles. The predicted octanol–water partition coefficient (Wildman–Crippen LogP) is 4.50. The summed E-state index contributed by atoms with van der Waals surface area (Å²) in [5, 5.41) is 0. The first kappa shape index (κ1) is 12.0. The molecule has 0 aromatic heterocycles. The summed E-state index contributed by atoms with van der Waals surface area (Å²) in [5.41, 5.74) is 4.80. The summed E-state index contributed by atoms with van der Waals surface area (Å²) < 4.78 is 0. The van der Waals surface area contributed by atoms with E-state index in [1.54, 1.807) is 0 Å². The molecule has 0 unspecified atom stereocenters. The number of para-hydroxylation sites is 1. The maximum Gasteiger partial charge on any atom is 0.0476 e.